The number of phenolic OH excluding ortho intramolecular Hbond substituents is 1. The van der Waals surface area contributed by atoms with Crippen LogP contribution < -0.4 is 15.5 Å². The molecule has 3 aromatic rings. The van der Waals surface area contributed by atoms with Crippen molar-refractivity contribution in [2.45, 2.75) is 0 Å². The normalized spacial score (nSPS) is 10.5. The fourth-order valence-electron chi connectivity index (χ4n) is 2.79. The first kappa shape index (κ1) is 22.0. The summed E-state index contributed by atoms with van der Waals surface area (Å²) >= 11 is 0. The van der Waals surface area contributed by atoms with Gasteiger partial charge in [-0.25, -0.2) is 5.43 Å². The SMILES string of the molecule is COc1ccccc1C(=O)Nc1ccccc1C(=O)N/N=C\c1cc([N+](=O)[O-])ccc1O. The fourth-order valence-corrected chi connectivity index (χ4v) is 2.79. The zero-order valence-corrected chi connectivity index (χ0v) is 16.8. The highest BCUT2D eigenvalue weighted by Gasteiger charge is 2.16. The quantitative estimate of drug-likeness (QED) is 0.296. The molecule has 0 aliphatic carbocycles. The van der Waals surface area contributed by atoms with Gasteiger partial charge in [0, 0.05) is 17.7 Å². The Morgan fingerprint density at radius 1 is 1.03 bits per heavy atom. The minimum atomic E-state index is -0.637. The third kappa shape index (κ3) is 5.05. The second kappa shape index (κ2) is 9.85. The van der Waals surface area contributed by atoms with Gasteiger partial charge in [-0.15, -0.1) is 0 Å². The van der Waals surface area contributed by atoms with Crippen molar-refractivity contribution in [3.05, 3.63) is 93.5 Å². The Labute approximate surface area is 182 Å². The first-order valence-corrected chi connectivity index (χ1v) is 9.25. The Bertz CT molecular complexity index is 1210. The third-order valence-electron chi connectivity index (χ3n) is 4.36. The van der Waals surface area contributed by atoms with E-state index >= 15 is 0 Å². The molecule has 0 bridgehead atoms. The summed E-state index contributed by atoms with van der Waals surface area (Å²) in [7, 11) is 1.45. The van der Waals surface area contributed by atoms with Crippen molar-refractivity contribution < 1.29 is 24.4 Å². The number of rotatable bonds is 7. The van der Waals surface area contributed by atoms with Gasteiger partial charge in [-0.1, -0.05) is 24.3 Å². The molecule has 0 unspecified atom stereocenters. The summed E-state index contributed by atoms with van der Waals surface area (Å²) in [5.41, 5.74) is 2.77. The number of benzene rings is 3. The van der Waals surface area contributed by atoms with Gasteiger partial charge in [-0.2, -0.15) is 5.10 Å². The van der Waals surface area contributed by atoms with Crippen LogP contribution >= 0.6 is 0 Å². The number of carbonyl (C=O) groups excluding carboxylic acids is 2. The molecular weight excluding hydrogens is 416 g/mol. The van der Waals surface area contributed by atoms with E-state index in [9.17, 15) is 24.8 Å². The predicted octanol–water partition coefficient (Wildman–Crippen LogP) is 3.33. The lowest BCUT2D eigenvalue weighted by atomic mass is 10.1. The van der Waals surface area contributed by atoms with E-state index in [1.54, 1.807) is 42.5 Å². The minimum absolute atomic E-state index is 0.0530. The number of nitro benzene ring substituents is 1. The smallest absolute Gasteiger partial charge is 0.273 e. The Kier molecular flexibility index (Phi) is 6.76. The van der Waals surface area contributed by atoms with Gasteiger partial charge in [0.1, 0.15) is 11.5 Å². The Morgan fingerprint density at radius 3 is 2.44 bits per heavy atom. The maximum atomic E-state index is 12.7. The zero-order chi connectivity index (χ0) is 23.1. The van der Waals surface area contributed by atoms with Crippen LogP contribution in [-0.4, -0.2) is 35.2 Å². The van der Waals surface area contributed by atoms with Gasteiger partial charge >= 0.3 is 0 Å². The number of aromatic hydroxyl groups is 1. The van der Waals surface area contributed by atoms with E-state index in [4.69, 9.17) is 4.74 Å². The van der Waals surface area contributed by atoms with Crippen LogP contribution in [0, 0.1) is 10.1 Å². The first-order chi connectivity index (χ1) is 15.4. The standard InChI is InChI=1S/C22H18N4O6/c1-32-20-9-5-3-7-17(20)21(28)24-18-8-4-2-6-16(18)22(29)25-23-13-14-12-15(26(30)31)10-11-19(14)27/h2-13,27H,1H3,(H,24,28)(H,25,29)/b23-13-. The van der Waals surface area contributed by atoms with Crippen LogP contribution in [0.1, 0.15) is 26.3 Å². The van der Waals surface area contributed by atoms with E-state index in [-0.39, 0.29) is 28.3 Å². The van der Waals surface area contributed by atoms with Gasteiger partial charge < -0.3 is 15.2 Å². The molecule has 2 amide bonds. The number of amides is 2. The lowest BCUT2D eigenvalue weighted by Gasteiger charge is -2.12. The average molecular weight is 434 g/mol. The van der Waals surface area contributed by atoms with E-state index in [0.29, 0.717) is 11.3 Å². The highest BCUT2D eigenvalue weighted by molar-refractivity contribution is 6.10. The number of nitrogens with one attached hydrogen (secondary N) is 2. The average Bonchev–Trinajstić information content (AvgIpc) is 2.80. The van der Waals surface area contributed by atoms with Gasteiger partial charge in [0.05, 0.1) is 35.1 Å². The molecule has 0 aliphatic rings. The minimum Gasteiger partial charge on any atom is -0.507 e. The summed E-state index contributed by atoms with van der Waals surface area (Å²) in [5, 5.41) is 27.1. The van der Waals surface area contributed by atoms with Crippen LogP contribution in [0.2, 0.25) is 0 Å². The number of nitro groups is 1. The first-order valence-electron chi connectivity index (χ1n) is 9.25. The Morgan fingerprint density at radius 2 is 1.72 bits per heavy atom. The number of anilines is 1. The molecule has 0 aliphatic heterocycles. The van der Waals surface area contributed by atoms with Gasteiger partial charge in [-0.3, -0.25) is 19.7 Å². The number of phenols is 1. The third-order valence-corrected chi connectivity index (χ3v) is 4.36. The lowest BCUT2D eigenvalue weighted by Crippen LogP contribution is -2.21. The molecule has 32 heavy (non-hydrogen) atoms. The zero-order valence-electron chi connectivity index (χ0n) is 16.8. The van der Waals surface area contributed by atoms with Crippen LogP contribution in [0.15, 0.2) is 71.8 Å². The lowest BCUT2D eigenvalue weighted by molar-refractivity contribution is -0.384. The summed E-state index contributed by atoms with van der Waals surface area (Å²) in [6, 6.07) is 16.4. The largest absolute Gasteiger partial charge is 0.507 e. The fraction of sp³-hybridized carbons (Fsp3) is 0.0455. The molecule has 0 radical (unpaired) electrons. The monoisotopic (exact) mass is 434 g/mol. The Hall–Kier alpha value is -4.73. The Balaban J connectivity index is 1.76. The molecule has 3 rings (SSSR count). The topological polar surface area (TPSA) is 143 Å². The number of hydrazone groups is 1. The predicted molar refractivity (Wildman–Crippen MR) is 117 cm³/mol. The number of hydrogen-bond acceptors (Lipinski definition) is 7. The molecule has 3 N–H and O–H groups in total. The van der Waals surface area contributed by atoms with Gasteiger partial charge in [-0.05, 0) is 30.3 Å². The second-order valence-electron chi connectivity index (χ2n) is 6.40. The van der Waals surface area contributed by atoms with Crippen molar-refractivity contribution in [2.75, 3.05) is 12.4 Å². The summed E-state index contributed by atoms with van der Waals surface area (Å²) in [4.78, 5) is 35.5. The molecule has 3 aromatic carbocycles. The van der Waals surface area contributed by atoms with Crippen molar-refractivity contribution >= 4 is 29.4 Å². The molecule has 0 fully saturated rings. The summed E-state index contributed by atoms with van der Waals surface area (Å²) in [6.45, 7) is 0. The number of carbonyl (C=O) groups is 2. The number of methoxy groups -OCH3 is 1. The van der Waals surface area contributed by atoms with Crippen molar-refractivity contribution in [2.24, 2.45) is 5.10 Å². The van der Waals surface area contributed by atoms with Crippen molar-refractivity contribution in [3.63, 3.8) is 0 Å². The molecule has 0 saturated heterocycles. The summed E-state index contributed by atoms with van der Waals surface area (Å²) in [6.07, 6.45) is 1.08. The highest BCUT2D eigenvalue weighted by atomic mass is 16.6. The van der Waals surface area contributed by atoms with E-state index < -0.39 is 16.7 Å². The number of ether oxygens (including phenoxy) is 1. The van der Waals surface area contributed by atoms with Crippen LogP contribution in [0.25, 0.3) is 0 Å². The molecule has 0 heterocycles. The molecule has 0 saturated carbocycles. The van der Waals surface area contributed by atoms with Crippen LogP contribution in [0.4, 0.5) is 11.4 Å². The van der Waals surface area contributed by atoms with E-state index in [1.807, 2.05) is 0 Å². The van der Waals surface area contributed by atoms with Crippen molar-refractivity contribution in [1.29, 1.82) is 0 Å². The molecule has 0 spiro atoms. The number of nitrogens with zero attached hydrogens (tertiary/aromatic N) is 2. The maximum absolute atomic E-state index is 12.7. The van der Waals surface area contributed by atoms with Gasteiger partial charge in [0.2, 0.25) is 0 Å². The molecular formula is C22H18N4O6. The molecule has 0 atom stereocenters. The van der Waals surface area contributed by atoms with Crippen molar-refractivity contribution in [3.8, 4) is 11.5 Å². The summed E-state index contributed by atoms with van der Waals surface area (Å²) in [5.74, 6) is -0.957. The highest BCUT2D eigenvalue weighted by Crippen LogP contribution is 2.22. The van der Waals surface area contributed by atoms with Crippen LogP contribution in [0.3, 0.4) is 0 Å². The van der Waals surface area contributed by atoms with Crippen molar-refractivity contribution in [1.82, 2.24) is 5.43 Å². The number of hydrogen-bond donors (Lipinski definition) is 3. The van der Waals surface area contributed by atoms with Gasteiger partial charge in [0.25, 0.3) is 17.5 Å². The molecule has 0 aromatic heterocycles. The van der Waals surface area contributed by atoms with Gasteiger partial charge in [0.15, 0.2) is 0 Å². The molecule has 10 heteroatoms. The van der Waals surface area contributed by atoms with Crippen LogP contribution in [-0.2, 0) is 0 Å². The summed E-state index contributed by atoms with van der Waals surface area (Å²) < 4.78 is 5.19. The van der Waals surface area contributed by atoms with E-state index in [0.717, 1.165) is 24.4 Å². The maximum Gasteiger partial charge on any atom is 0.273 e. The molecule has 162 valence electrons. The number of para-hydroxylation sites is 2. The molecule has 10 nitrogen and oxygen atoms in total. The van der Waals surface area contributed by atoms with Crippen LogP contribution in [0.5, 0.6) is 11.5 Å². The number of non-ortho nitro benzene ring substituents is 1. The van der Waals surface area contributed by atoms with E-state index in [2.05, 4.69) is 15.8 Å². The second-order valence-corrected chi connectivity index (χ2v) is 6.40. The van der Waals surface area contributed by atoms with E-state index in [1.165, 1.54) is 13.2 Å².